The summed E-state index contributed by atoms with van der Waals surface area (Å²) >= 11 is 0. The summed E-state index contributed by atoms with van der Waals surface area (Å²) in [6, 6.07) is 14.8. The summed E-state index contributed by atoms with van der Waals surface area (Å²) in [5.74, 6) is -1.50. The van der Waals surface area contributed by atoms with E-state index in [0.29, 0.717) is 6.42 Å². The Bertz CT molecular complexity index is 929. The molecule has 0 spiro atoms. The molecule has 2 atom stereocenters. The Labute approximate surface area is 164 Å². The predicted molar refractivity (Wildman–Crippen MR) is 106 cm³/mol. The second-order valence-electron chi connectivity index (χ2n) is 6.39. The molecule has 150 valence electrons. The van der Waals surface area contributed by atoms with E-state index in [-0.39, 0.29) is 10.6 Å². The molecule has 2 rings (SSSR count). The van der Waals surface area contributed by atoms with Crippen molar-refractivity contribution in [1.29, 1.82) is 0 Å². The van der Waals surface area contributed by atoms with Crippen molar-refractivity contribution in [2.75, 3.05) is 5.32 Å². The minimum atomic E-state index is -3.89. The van der Waals surface area contributed by atoms with Crippen molar-refractivity contribution >= 4 is 27.6 Å². The summed E-state index contributed by atoms with van der Waals surface area (Å²) in [7, 11) is -3.89. The Balaban J connectivity index is 2.06. The number of anilines is 1. The Morgan fingerprint density at radius 3 is 2.39 bits per heavy atom. The molecule has 1 amide bonds. The molecule has 0 aromatic heterocycles. The first-order valence-corrected chi connectivity index (χ1v) is 10.5. The molecule has 0 aliphatic carbocycles. The summed E-state index contributed by atoms with van der Waals surface area (Å²) in [5, 5.41) is 7.62. The minimum Gasteiger partial charge on any atom is -0.452 e. The maximum absolute atomic E-state index is 12.6. The lowest BCUT2D eigenvalue weighted by Gasteiger charge is -2.19. The van der Waals surface area contributed by atoms with E-state index in [4.69, 9.17) is 9.88 Å². The van der Waals surface area contributed by atoms with Gasteiger partial charge in [-0.25, -0.2) is 13.6 Å². The Morgan fingerprint density at radius 1 is 1.11 bits per heavy atom. The van der Waals surface area contributed by atoms with Crippen molar-refractivity contribution in [3.8, 4) is 0 Å². The minimum absolute atomic E-state index is 0.123. The van der Waals surface area contributed by atoms with E-state index in [1.54, 1.807) is 0 Å². The molecule has 0 radical (unpaired) electrons. The van der Waals surface area contributed by atoms with Crippen molar-refractivity contribution in [2.24, 2.45) is 5.14 Å². The lowest BCUT2D eigenvalue weighted by atomic mass is 9.94. The van der Waals surface area contributed by atoms with Crippen LogP contribution < -0.4 is 10.5 Å². The molecule has 2 aromatic rings. The normalized spacial score (nSPS) is 13.4. The molecule has 0 aliphatic heterocycles. The van der Waals surface area contributed by atoms with Crippen LogP contribution in [0, 0.1) is 0 Å². The van der Waals surface area contributed by atoms with Gasteiger partial charge in [-0.2, -0.15) is 0 Å². The zero-order valence-electron chi connectivity index (χ0n) is 15.8. The number of nitrogens with one attached hydrogen (secondary N) is 1. The summed E-state index contributed by atoms with van der Waals surface area (Å²) in [4.78, 5) is 24.8. The number of hydrogen-bond acceptors (Lipinski definition) is 5. The van der Waals surface area contributed by atoms with Crippen molar-refractivity contribution in [1.82, 2.24) is 0 Å². The monoisotopic (exact) mass is 404 g/mol. The van der Waals surface area contributed by atoms with Gasteiger partial charge in [0.25, 0.3) is 5.91 Å². The highest BCUT2D eigenvalue weighted by Crippen LogP contribution is 2.23. The van der Waals surface area contributed by atoms with Crippen LogP contribution in [0.1, 0.15) is 38.2 Å². The van der Waals surface area contributed by atoms with Gasteiger partial charge in [0.1, 0.15) is 0 Å². The van der Waals surface area contributed by atoms with Gasteiger partial charge in [-0.15, -0.1) is 0 Å². The molecule has 0 aliphatic rings. The van der Waals surface area contributed by atoms with Crippen LogP contribution in [0.5, 0.6) is 0 Å². The molecule has 0 bridgehead atoms. The van der Waals surface area contributed by atoms with Crippen LogP contribution >= 0.6 is 0 Å². The van der Waals surface area contributed by atoms with Gasteiger partial charge < -0.3 is 10.1 Å². The highest BCUT2D eigenvalue weighted by atomic mass is 32.2. The van der Waals surface area contributed by atoms with E-state index < -0.39 is 33.9 Å². The molecule has 0 saturated heterocycles. The summed E-state index contributed by atoms with van der Waals surface area (Å²) in [6.45, 7) is 3.43. The second-order valence-corrected chi connectivity index (χ2v) is 7.95. The Hall–Kier alpha value is -2.71. The first-order valence-electron chi connectivity index (χ1n) is 8.91. The molecule has 0 fully saturated rings. The van der Waals surface area contributed by atoms with E-state index in [1.807, 2.05) is 37.3 Å². The summed E-state index contributed by atoms with van der Waals surface area (Å²) in [6.07, 6.45) is 0.345. The van der Waals surface area contributed by atoms with Gasteiger partial charge in [0, 0.05) is 5.69 Å². The van der Waals surface area contributed by atoms with Gasteiger partial charge in [0.15, 0.2) is 6.10 Å². The molecule has 8 heteroatoms. The van der Waals surface area contributed by atoms with E-state index in [0.717, 1.165) is 12.0 Å². The topological polar surface area (TPSA) is 116 Å². The number of rotatable bonds is 8. The SMILES string of the molecule is CCC[C@@H](C(=O)O[C@H](C)C(=O)Nc1cccc(S(N)(=O)=O)c1)c1ccccc1. The number of esters is 1. The van der Waals surface area contributed by atoms with Crippen LogP contribution in [0.15, 0.2) is 59.5 Å². The standard InChI is InChI=1S/C20H24N2O5S/c1-3-8-18(15-9-5-4-6-10-15)20(24)27-14(2)19(23)22-16-11-7-12-17(13-16)28(21,25)26/h4-7,9-14,18H,3,8H2,1-2H3,(H,22,23)(H2,21,25,26)/t14-,18-/m1/s1. The first-order chi connectivity index (χ1) is 13.2. The van der Waals surface area contributed by atoms with Gasteiger partial charge in [-0.1, -0.05) is 49.7 Å². The van der Waals surface area contributed by atoms with Crippen molar-refractivity contribution in [3.63, 3.8) is 0 Å². The number of hydrogen-bond donors (Lipinski definition) is 2. The van der Waals surface area contributed by atoms with Crippen LogP contribution in [0.2, 0.25) is 0 Å². The second kappa shape index (κ2) is 9.48. The fourth-order valence-electron chi connectivity index (χ4n) is 2.70. The molecule has 0 unspecified atom stereocenters. The van der Waals surface area contributed by atoms with Crippen LogP contribution in [0.25, 0.3) is 0 Å². The summed E-state index contributed by atoms with van der Waals surface area (Å²) < 4.78 is 28.2. The smallest absolute Gasteiger partial charge is 0.314 e. The van der Waals surface area contributed by atoms with Crippen LogP contribution in [-0.4, -0.2) is 26.4 Å². The fraction of sp³-hybridized carbons (Fsp3) is 0.300. The third kappa shape index (κ3) is 5.90. The highest BCUT2D eigenvalue weighted by molar-refractivity contribution is 7.89. The number of benzene rings is 2. The molecular weight excluding hydrogens is 380 g/mol. The van der Waals surface area contributed by atoms with Crippen molar-refractivity contribution < 1.29 is 22.7 Å². The first kappa shape index (κ1) is 21.6. The molecular formula is C20H24N2O5S. The molecule has 7 nitrogen and oxygen atoms in total. The van der Waals surface area contributed by atoms with Crippen molar-refractivity contribution in [3.05, 3.63) is 60.2 Å². The van der Waals surface area contributed by atoms with E-state index in [2.05, 4.69) is 5.32 Å². The summed E-state index contributed by atoms with van der Waals surface area (Å²) in [5.41, 5.74) is 1.08. The molecule has 0 heterocycles. The Morgan fingerprint density at radius 2 is 1.79 bits per heavy atom. The maximum Gasteiger partial charge on any atom is 0.314 e. The third-order valence-corrected chi connectivity index (χ3v) is 5.07. The molecule has 3 N–H and O–H groups in total. The van der Waals surface area contributed by atoms with E-state index in [1.165, 1.54) is 31.2 Å². The molecule has 2 aromatic carbocycles. The average Bonchev–Trinajstić information content (AvgIpc) is 2.66. The van der Waals surface area contributed by atoms with Crippen LogP contribution in [0.3, 0.4) is 0 Å². The van der Waals surface area contributed by atoms with Gasteiger partial charge in [0.2, 0.25) is 10.0 Å². The van der Waals surface area contributed by atoms with Crippen LogP contribution in [-0.2, 0) is 24.3 Å². The number of nitrogens with two attached hydrogens (primary N) is 1. The van der Waals surface area contributed by atoms with E-state index >= 15 is 0 Å². The zero-order chi connectivity index (χ0) is 20.7. The van der Waals surface area contributed by atoms with Gasteiger partial charge in [0.05, 0.1) is 10.8 Å². The van der Waals surface area contributed by atoms with Crippen molar-refractivity contribution in [2.45, 2.75) is 43.6 Å². The van der Waals surface area contributed by atoms with Gasteiger partial charge in [-0.05, 0) is 37.1 Å². The maximum atomic E-state index is 12.6. The van der Waals surface area contributed by atoms with Gasteiger partial charge >= 0.3 is 5.97 Å². The number of carbonyl (C=O) groups excluding carboxylic acids is 2. The van der Waals surface area contributed by atoms with Crippen LogP contribution in [0.4, 0.5) is 5.69 Å². The predicted octanol–water partition coefficient (Wildman–Crippen LogP) is 2.79. The lowest BCUT2D eigenvalue weighted by Crippen LogP contribution is -2.32. The average molecular weight is 404 g/mol. The number of sulfonamides is 1. The number of amides is 1. The molecule has 28 heavy (non-hydrogen) atoms. The quantitative estimate of drug-likeness (QED) is 0.657. The largest absolute Gasteiger partial charge is 0.452 e. The molecule has 0 saturated carbocycles. The van der Waals surface area contributed by atoms with E-state index in [9.17, 15) is 18.0 Å². The Kier molecular flexibility index (Phi) is 7.31. The van der Waals surface area contributed by atoms with Gasteiger partial charge in [-0.3, -0.25) is 9.59 Å². The number of ether oxygens (including phenoxy) is 1. The lowest BCUT2D eigenvalue weighted by molar-refractivity contribution is -0.154. The zero-order valence-corrected chi connectivity index (χ0v) is 16.6. The number of primary sulfonamides is 1. The number of carbonyl (C=O) groups is 2. The fourth-order valence-corrected chi connectivity index (χ4v) is 3.26. The third-order valence-electron chi connectivity index (χ3n) is 4.16. The highest BCUT2D eigenvalue weighted by Gasteiger charge is 2.26.